The fourth-order valence-corrected chi connectivity index (χ4v) is 4.63. The number of ether oxygens (including phenoxy) is 1. The minimum Gasteiger partial charge on any atom is -0.478 e. The SMILES string of the molecule is C[C@@H]1CN(c2ccc(C(=O)O)c3ncc(P(C)(C)=O)nc23)C[C@H](C)N1C(=O)OC(C)(C)C. The molecule has 0 unspecified atom stereocenters. The number of carbonyl (C=O) groups is 2. The van der Waals surface area contributed by atoms with Crippen LogP contribution in [0, 0.1) is 0 Å². The number of piperazine rings is 1. The Kier molecular flexibility index (Phi) is 6.26. The van der Waals surface area contributed by atoms with Crippen LogP contribution in [-0.4, -0.2) is 76.1 Å². The van der Waals surface area contributed by atoms with Crippen LogP contribution in [0.5, 0.6) is 0 Å². The van der Waals surface area contributed by atoms with E-state index in [-0.39, 0.29) is 29.3 Å². The number of hydrogen-bond acceptors (Lipinski definition) is 7. The second-order valence-corrected chi connectivity index (χ2v) is 12.9. The van der Waals surface area contributed by atoms with Crippen molar-refractivity contribution in [1.82, 2.24) is 14.9 Å². The number of benzene rings is 1. The highest BCUT2D eigenvalue weighted by molar-refractivity contribution is 7.69. The Morgan fingerprint density at radius 3 is 2.22 bits per heavy atom. The van der Waals surface area contributed by atoms with E-state index in [4.69, 9.17) is 4.74 Å². The number of aromatic nitrogens is 2. The first-order valence-electron chi connectivity index (χ1n) is 10.5. The number of carboxylic acids is 1. The molecule has 1 aromatic carbocycles. The highest BCUT2D eigenvalue weighted by atomic mass is 31.2. The molecule has 9 nitrogen and oxygen atoms in total. The second kappa shape index (κ2) is 8.35. The van der Waals surface area contributed by atoms with Gasteiger partial charge in [0.15, 0.2) is 0 Å². The number of anilines is 1. The van der Waals surface area contributed by atoms with Crippen molar-refractivity contribution >= 4 is 41.4 Å². The highest BCUT2D eigenvalue weighted by Crippen LogP contribution is 2.36. The van der Waals surface area contributed by atoms with Gasteiger partial charge < -0.3 is 19.3 Å². The van der Waals surface area contributed by atoms with Gasteiger partial charge in [-0.15, -0.1) is 0 Å². The average Bonchev–Trinajstić information content (AvgIpc) is 2.63. The summed E-state index contributed by atoms with van der Waals surface area (Å²) >= 11 is 0. The predicted octanol–water partition coefficient (Wildman–Crippen LogP) is 3.41. The van der Waals surface area contributed by atoms with Crippen molar-refractivity contribution in [3.63, 3.8) is 0 Å². The zero-order chi connectivity index (χ0) is 24.0. The molecule has 0 aliphatic carbocycles. The van der Waals surface area contributed by atoms with Crippen molar-refractivity contribution in [1.29, 1.82) is 0 Å². The molecule has 2 atom stereocenters. The van der Waals surface area contributed by atoms with E-state index in [1.54, 1.807) is 24.3 Å². The molecule has 1 saturated heterocycles. The van der Waals surface area contributed by atoms with Crippen molar-refractivity contribution in [3.8, 4) is 0 Å². The summed E-state index contributed by atoms with van der Waals surface area (Å²) in [5.41, 5.74) is 1.16. The average molecular weight is 462 g/mol. The fraction of sp³-hybridized carbons (Fsp3) is 0.545. The molecule has 2 heterocycles. The summed E-state index contributed by atoms with van der Waals surface area (Å²) in [6.07, 6.45) is 1.04. The zero-order valence-electron chi connectivity index (χ0n) is 19.6. The molecular formula is C22H31N4O5P. The quantitative estimate of drug-likeness (QED) is 0.691. The van der Waals surface area contributed by atoms with Crippen LogP contribution in [0.4, 0.5) is 10.5 Å². The number of carboxylic acid groups (broad SMARTS) is 1. The lowest BCUT2D eigenvalue weighted by Crippen LogP contribution is -2.59. The first-order valence-corrected chi connectivity index (χ1v) is 13.1. The maximum absolute atomic E-state index is 12.7. The molecule has 32 heavy (non-hydrogen) atoms. The molecule has 2 aromatic rings. The lowest BCUT2D eigenvalue weighted by molar-refractivity contribution is 0.00565. The van der Waals surface area contributed by atoms with E-state index >= 15 is 0 Å². The molecule has 0 spiro atoms. The molecule has 10 heteroatoms. The van der Waals surface area contributed by atoms with E-state index in [1.165, 1.54) is 12.3 Å². The molecule has 1 amide bonds. The smallest absolute Gasteiger partial charge is 0.410 e. The highest BCUT2D eigenvalue weighted by Gasteiger charge is 2.36. The molecule has 0 saturated carbocycles. The van der Waals surface area contributed by atoms with Gasteiger partial charge in [0.2, 0.25) is 0 Å². The number of hydrogen-bond donors (Lipinski definition) is 1. The summed E-state index contributed by atoms with van der Waals surface area (Å²) in [7, 11) is -2.70. The number of carbonyl (C=O) groups excluding carboxylic acids is 1. The van der Waals surface area contributed by atoms with Crippen molar-refractivity contribution in [2.45, 2.75) is 52.3 Å². The fourth-order valence-electron chi connectivity index (χ4n) is 3.96. The maximum Gasteiger partial charge on any atom is 0.410 e. The molecule has 1 aromatic heterocycles. The van der Waals surface area contributed by atoms with Gasteiger partial charge in [-0.05, 0) is 60.1 Å². The third-order valence-electron chi connectivity index (χ3n) is 5.31. The third kappa shape index (κ3) is 4.88. The Balaban J connectivity index is 2.03. The van der Waals surface area contributed by atoms with Gasteiger partial charge in [-0.25, -0.2) is 14.6 Å². The minimum atomic E-state index is -2.70. The van der Waals surface area contributed by atoms with Crippen LogP contribution in [0.3, 0.4) is 0 Å². The van der Waals surface area contributed by atoms with Crippen LogP contribution in [0.15, 0.2) is 18.3 Å². The summed E-state index contributed by atoms with van der Waals surface area (Å²) in [6, 6.07) is 2.93. The van der Waals surface area contributed by atoms with Crippen LogP contribution < -0.4 is 10.3 Å². The lowest BCUT2D eigenvalue weighted by Gasteiger charge is -2.45. The first kappa shape index (κ1) is 24.0. The molecule has 0 bridgehead atoms. The van der Waals surface area contributed by atoms with E-state index in [2.05, 4.69) is 14.9 Å². The summed E-state index contributed by atoms with van der Waals surface area (Å²) in [5.74, 6) is -1.10. The molecule has 1 aliphatic rings. The minimum absolute atomic E-state index is 0.0401. The molecule has 1 N–H and O–H groups in total. The van der Waals surface area contributed by atoms with Crippen molar-refractivity contribution in [3.05, 3.63) is 23.9 Å². The van der Waals surface area contributed by atoms with E-state index in [9.17, 15) is 19.3 Å². The molecular weight excluding hydrogens is 431 g/mol. The predicted molar refractivity (Wildman–Crippen MR) is 125 cm³/mol. The van der Waals surface area contributed by atoms with Crippen LogP contribution in [-0.2, 0) is 9.30 Å². The van der Waals surface area contributed by atoms with Crippen LogP contribution >= 0.6 is 7.14 Å². The number of fused-ring (bicyclic) bond motifs is 1. The topological polar surface area (TPSA) is 113 Å². The summed E-state index contributed by atoms with van der Waals surface area (Å²) in [6.45, 7) is 13.6. The lowest BCUT2D eigenvalue weighted by atomic mass is 10.1. The molecule has 174 valence electrons. The van der Waals surface area contributed by atoms with E-state index in [0.29, 0.717) is 29.7 Å². The van der Waals surface area contributed by atoms with E-state index < -0.39 is 18.7 Å². The largest absolute Gasteiger partial charge is 0.478 e. The zero-order valence-corrected chi connectivity index (χ0v) is 20.5. The number of amides is 1. The van der Waals surface area contributed by atoms with Gasteiger partial charge in [-0.3, -0.25) is 9.88 Å². The Morgan fingerprint density at radius 2 is 1.72 bits per heavy atom. The van der Waals surface area contributed by atoms with Gasteiger partial charge in [0.1, 0.15) is 29.2 Å². The Labute approximate surface area is 188 Å². The Hall–Kier alpha value is -2.67. The van der Waals surface area contributed by atoms with Gasteiger partial charge in [-0.2, -0.15) is 0 Å². The van der Waals surface area contributed by atoms with Crippen LogP contribution in [0.1, 0.15) is 45.0 Å². The number of aromatic carboxylic acids is 1. The molecule has 1 fully saturated rings. The van der Waals surface area contributed by atoms with Gasteiger partial charge in [0, 0.05) is 13.1 Å². The van der Waals surface area contributed by atoms with Gasteiger partial charge in [0.05, 0.1) is 29.5 Å². The molecule has 1 aliphatic heterocycles. The van der Waals surface area contributed by atoms with Crippen molar-refractivity contribution in [2.75, 3.05) is 31.3 Å². The first-order chi connectivity index (χ1) is 14.7. The normalized spacial score (nSPS) is 19.8. The monoisotopic (exact) mass is 462 g/mol. The second-order valence-electron chi connectivity index (χ2n) is 9.70. The molecule has 3 rings (SSSR count). The Bertz CT molecular complexity index is 1100. The molecule has 0 radical (unpaired) electrons. The third-order valence-corrected chi connectivity index (χ3v) is 6.63. The van der Waals surface area contributed by atoms with E-state index in [1.807, 2.05) is 34.6 Å². The summed E-state index contributed by atoms with van der Waals surface area (Å²) in [4.78, 5) is 37.2. The van der Waals surface area contributed by atoms with Crippen molar-refractivity contribution in [2.24, 2.45) is 0 Å². The maximum atomic E-state index is 12.7. The summed E-state index contributed by atoms with van der Waals surface area (Å²) in [5, 5.41) is 9.59. The Morgan fingerprint density at radius 1 is 1.12 bits per heavy atom. The standard InChI is InChI=1S/C22H31N4O5P/c1-13-11-25(12-14(2)26(13)21(29)31-22(3,4)5)16-9-8-15(20(27)28)18-19(16)24-17(10-23-18)32(6,7)30/h8-10,13-14H,11-12H2,1-7H3,(H,27,28)/t13-,14+. The van der Waals surface area contributed by atoms with Gasteiger partial charge in [0.25, 0.3) is 0 Å². The summed E-state index contributed by atoms with van der Waals surface area (Å²) < 4.78 is 18.2. The number of rotatable bonds is 3. The van der Waals surface area contributed by atoms with Crippen LogP contribution in [0.2, 0.25) is 0 Å². The number of nitrogens with zero attached hydrogens (tertiary/aromatic N) is 4. The van der Waals surface area contributed by atoms with Crippen molar-refractivity contribution < 1.29 is 24.0 Å². The van der Waals surface area contributed by atoms with Crippen LogP contribution in [0.25, 0.3) is 11.0 Å². The van der Waals surface area contributed by atoms with E-state index in [0.717, 1.165) is 0 Å². The van der Waals surface area contributed by atoms with Gasteiger partial charge >= 0.3 is 12.1 Å². The van der Waals surface area contributed by atoms with Gasteiger partial charge in [-0.1, -0.05) is 0 Å².